The normalized spacial score (nSPS) is 11.4. The zero-order valence-electron chi connectivity index (χ0n) is 10.2. The number of nitrogens with two attached hydrogens (primary N) is 1. The molecule has 0 unspecified atom stereocenters. The third-order valence-electron chi connectivity index (χ3n) is 2.38. The number of benzene rings is 1. The maximum absolute atomic E-state index is 13.5. The lowest BCUT2D eigenvalue weighted by molar-refractivity contribution is 0.318. The Bertz CT molecular complexity index is 629. The highest BCUT2D eigenvalue weighted by molar-refractivity contribution is 5.97. The van der Waals surface area contributed by atoms with Crippen molar-refractivity contribution in [3.8, 4) is 11.6 Å². The van der Waals surface area contributed by atoms with Crippen molar-refractivity contribution in [1.82, 2.24) is 4.98 Å². The summed E-state index contributed by atoms with van der Waals surface area (Å²) in [5, 5.41) is 11.5. The van der Waals surface area contributed by atoms with E-state index in [1.807, 2.05) is 0 Å². The smallest absolute Gasteiger partial charge is 0.220 e. The molecule has 1 heterocycles. The Morgan fingerprint density at radius 3 is 2.79 bits per heavy atom. The minimum absolute atomic E-state index is 0.0612. The zero-order chi connectivity index (χ0) is 13.8. The summed E-state index contributed by atoms with van der Waals surface area (Å²) in [5.41, 5.74) is 6.55. The second kappa shape index (κ2) is 5.34. The lowest BCUT2D eigenvalue weighted by atomic mass is 10.2. The highest BCUT2D eigenvalue weighted by atomic mass is 19.1. The van der Waals surface area contributed by atoms with Crippen LogP contribution in [0.15, 0.2) is 41.6 Å². The number of amidine groups is 1. The van der Waals surface area contributed by atoms with Crippen LogP contribution in [0, 0.1) is 12.7 Å². The maximum atomic E-state index is 13.5. The number of para-hydroxylation sites is 1. The van der Waals surface area contributed by atoms with Gasteiger partial charge in [0.25, 0.3) is 0 Å². The van der Waals surface area contributed by atoms with Gasteiger partial charge in [0.1, 0.15) is 0 Å². The second-order valence-corrected chi connectivity index (χ2v) is 3.85. The first kappa shape index (κ1) is 12.8. The number of rotatable bonds is 3. The van der Waals surface area contributed by atoms with Crippen molar-refractivity contribution in [2.24, 2.45) is 10.9 Å². The maximum Gasteiger partial charge on any atom is 0.220 e. The summed E-state index contributed by atoms with van der Waals surface area (Å²) < 4.78 is 18.8. The Hall–Kier alpha value is -2.63. The number of halogens is 1. The molecule has 0 atom stereocenters. The molecule has 98 valence electrons. The first-order valence-corrected chi connectivity index (χ1v) is 5.49. The Labute approximate surface area is 109 Å². The van der Waals surface area contributed by atoms with Gasteiger partial charge in [-0.2, -0.15) is 0 Å². The fourth-order valence-electron chi connectivity index (χ4n) is 1.54. The average Bonchev–Trinajstić information content (AvgIpc) is 2.40. The highest BCUT2D eigenvalue weighted by Gasteiger charge is 2.08. The molecule has 0 aliphatic heterocycles. The monoisotopic (exact) mass is 261 g/mol. The van der Waals surface area contributed by atoms with E-state index >= 15 is 0 Å². The van der Waals surface area contributed by atoms with Crippen molar-refractivity contribution in [3.05, 3.63) is 53.5 Å². The van der Waals surface area contributed by atoms with E-state index in [-0.39, 0.29) is 17.5 Å². The van der Waals surface area contributed by atoms with Crippen molar-refractivity contribution >= 4 is 5.84 Å². The van der Waals surface area contributed by atoms with Gasteiger partial charge in [0.05, 0.1) is 0 Å². The van der Waals surface area contributed by atoms with Crippen molar-refractivity contribution in [2.75, 3.05) is 0 Å². The van der Waals surface area contributed by atoms with Crippen molar-refractivity contribution in [2.45, 2.75) is 6.92 Å². The van der Waals surface area contributed by atoms with Crippen LogP contribution in [0.5, 0.6) is 11.6 Å². The summed E-state index contributed by atoms with van der Waals surface area (Å²) in [4.78, 5) is 4.11. The molecule has 0 amide bonds. The third kappa shape index (κ3) is 2.98. The first-order valence-electron chi connectivity index (χ1n) is 5.49. The Kier molecular flexibility index (Phi) is 3.61. The van der Waals surface area contributed by atoms with E-state index in [9.17, 15) is 4.39 Å². The Morgan fingerprint density at radius 2 is 2.11 bits per heavy atom. The van der Waals surface area contributed by atoms with E-state index in [4.69, 9.17) is 15.7 Å². The summed E-state index contributed by atoms with van der Waals surface area (Å²) in [6, 6.07) is 9.09. The molecule has 1 aromatic heterocycles. The van der Waals surface area contributed by atoms with Crippen molar-refractivity contribution in [3.63, 3.8) is 0 Å². The van der Waals surface area contributed by atoms with E-state index in [1.54, 1.807) is 25.1 Å². The standard InChI is InChI=1S/C13H12FN3O2/c1-8-6-9(13(15)17-18)7-12(16-8)19-11-5-3-2-4-10(11)14/h2-7,18H,1H3,(H2,15,17). The minimum atomic E-state index is -0.490. The third-order valence-corrected chi connectivity index (χ3v) is 2.38. The molecule has 6 heteroatoms. The number of oxime groups is 1. The van der Waals surface area contributed by atoms with Crippen LogP contribution in [0.1, 0.15) is 11.3 Å². The molecule has 0 aliphatic carbocycles. The topological polar surface area (TPSA) is 80.7 Å². The predicted octanol–water partition coefficient (Wildman–Crippen LogP) is 2.42. The summed E-state index contributed by atoms with van der Waals surface area (Å²) in [5.74, 6) is -0.321. The molecule has 2 aromatic rings. The van der Waals surface area contributed by atoms with Gasteiger partial charge in [0.15, 0.2) is 17.4 Å². The number of nitrogens with zero attached hydrogens (tertiary/aromatic N) is 2. The van der Waals surface area contributed by atoms with Gasteiger partial charge in [-0.1, -0.05) is 17.3 Å². The number of aryl methyl sites for hydroxylation is 1. The van der Waals surface area contributed by atoms with E-state index < -0.39 is 5.82 Å². The minimum Gasteiger partial charge on any atom is -0.436 e. The fraction of sp³-hybridized carbons (Fsp3) is 0.0769. The molecule has 0 radical (unpaired) electrons. The number of hydrogen-bond donors (Lipinski definition) is 2. The van der Waals surface area contributed by atoms with Crippen LogP contribution in [-0.4, -0.2) is 16.0 Å². The molecule has 0 fully saturated rings. The van der Waals surface area contributed by atoms with E-state index in [0.717, 1.165) is 0 Å². The molecule has 19 heavy (non-hydrogen) atoms. The highest BCUT2D eigenvalue weighted by Crippen LogP contribution is 2.23. The molecule has 0 bridgehead atoms. The molecule has 0 spiro atoms. The van der Waals surface area contributed by atoms with Gasteiger partial charge in [-0.3, -0.25) is 0 Å². The molecular weight excluding hydrogens is 249 g/mol. The van der Waals surface area contributed by atoms with Gasteiger partial charge in [-0.25, -0.2) is 9.37 Å². The summed E-state index contributed by atoms with van der Waals surface area (Å²) in [6.45, 7) is 1.72. The van der Waals surface area contributed by atoms with Crippen LogP contribution in [0.2, 0.25) is 0 Å². The van der Waals surface area contributed by atoms with Gasteiger partial charge < -0.3 is 15.7 Å². The summed E-state index contributed by atoms with van der Waals surface area (Å²) in [7, 11) is 0. The number of ether oxygens (including phenoxy) is 1. The number of hydrogen-bond acceptors (Lipinski definition) is 4. The van der Waals surface area contributed by atoms with Crippen LogP contribution < -0.4 is 10.5 Å². The first-order chi connectivity index (χ1) is 9.10. The molecule has 2 rings (SSSR count). The molecule has 0 saturated heterocycles. The van der Waals surface area contributed by atoms with Crippen LogP contribution in [0.3, 0.4) is 0 Å². The molecule has 0 saturated carbocycles. The molecule has 5 nitrogen and oxygen atoms in total. The lowest BCUT2D eigenvalue weighted by Gasteiger charge is -2.08. The molecule has 0 aliphatic rings. The lowest BCUT2D eigenvalue weighted by Crippen LogP contribution is -2.13. The molecule has 3 N–H and O–H groups in total. The summed E-state index contributed by atoms with van der Waals surface area (Å²) >= 11 is 0. The number of pyridine rings is 1. The van der Waals surface area contributed by atoms with E-state index in [1.165, 1.54) is 18.2 Å². The largest absolute Gasteiger partial charge is 0.436 e. The average molecular weight is 261 g/mol. The second-order valence-electron chi connectivity index (χ2n) is 3.85. The van der Waals surface area contributed by atoms with Crippen molar-refractivity contribution in [1.29, 1.82) is 0 Å². The molecular formula is C13H12FN3O2. The van der Waals surface area contributed by atoms with Crippen LogP contribution in [0.4, 0.5) is 4.39 Å². The van der Waals surface area contributed by atoms with Crippen LogP contribution >= 0.6 is 0 Å². The van der Waals surface area contributed by atoms with Gasteiger partial charge in [0, 0.05) is 17.3 Å². The fourth-order valence-corrected chi connectivity index (χ4v) is 1.54. The van der Waals surface area contributed by atoms with Gasteiger partial charge in [-0.05, 0) is 25.1 Å². The number of aromatic nitrogens is 1. The van der Waals surface area contributed by atoms with E-state index in [2.05, 4.69) is 10.1 Å². The van der Waals surface area contributed by atoms with E-state index in [0.29, 0.717) is 11.3 Å². The Morgan fingerprint density at radius 1 is 1.37 bits per heavy atom. The van der Waals surface area contributed by atoms with Crippen LogP contribution in [0.25, 0.3) is 0 Å². The Balaban J connectivity index is 2.36. The summed E-state index contributed by atoms with van der Waals surface area (Å²) in [6.07, 6.45) is 0. The van der Waals surface area contributed by atoms with Crippen LogP contribution in [-0.2, 0) is 0 Å². The quantitative estimate of drug-likeness (QED) is 0.385. The predicted molar refractivity (Wildman–Crippen MR) is 68.0 cm³/mol. The molecule has 1 aromatic carbocycles. The van der Waals surface area contributed by atoms with Gasteiger partial charge >= 0.3 is 0 Å². The zero-order valence-corrected chi connectivity index (χ0v) is 10.2. The van der Waals surface area contributed by atoms with Crippen molar-refractivity contribution < 1.29 is 14.3 Å². The SMILES string of the molecule is Cc1cc(/C(N)=N/O)cc(Oc2ccccc2F)n1. The van der Waals surface area contributed by atoms with Gasteiger partial charge in [0.2, 0.25) is 5.88 Å². The van der Waals surface area contributed by atoms with Gasteiger partial charge in [-0.15, -0.1) is 0 Å².